The van der Waals surface area contributed by atoms with Gasteiger partial charge in [0.1, 0.15) is 0 Å². The maximum absolute atomic E-state index is 4.72. The van der Waals surface area contributed by atoms with Crippen LogP contribution in [-0.2, 0) is 0 Å². The van der Waals surface area contributed by atoms with Crippen LogP contribution in [0.5, 0.6) is 0 Å². The second-order valence-corrected chi connectivity index (χ2v) is 7.65. The van der Waals surface area contributed by atoms with Crippen LogP contribution < -0.4 is 4.90 Å². The van der Waals surface area contributed by atoms with Crippen LogP contribution in [0, 0.1) is 13.8 Å². The lowest BCUT2D eigenvalue weighted by molar-refractivity contribution is 1.10. The van der Waals surface area contributed by atoms with Crippen molar-refractivity contribution in [2.75, 3.05) is 4.90 Å². The first-order chi connectivity index (χ1) is 15.2. The molecular formula is C28H23N3. The van der Waals surface area contributed by atoms with E-state index >= 15 is 0 Å². The summed E-state index contributed by atoms with van der Waals surface area (Å²) < 4.78 is 0. The molecule has 0 amide bonds. The number of aryl methyl sites for hydroxylation is 2. The highest BCUT2D eigenvalue weighted by Crippen LogP contribution is 2.35. The number of hydrogen-bond donors (Lipinski definition) is 0. The number of rotatable bonds is 4. The van der Waals surface area contributed by atoms with Gasteiger partial charge in [0.05, 0.1) is 22.4 Å². The second-order valence-electron chi connectivity index (χ2n) is 7.65. The lowest BCUT2D eigenvalue weighted by Crippen LogP contribution is -2.09. The summed E-state index contributed by atoms with van der Waals surface area (Å²) in [4.78, 5) is 11.6. The molecule has 3 nitrogen and oxygen atoms in total. The fourth-order valence-corrected chi connectivity index (χ4v) is 3.81. The SMILES string of the molecule is Cc1nc2ccc(-c3ccc(N(c4ccccc4)c4ccccc4)cc3)cc2nc1C. The van der Waals surface area contributed by atoms with Gasteiger partial charge in [-0.3, -0.25) is 0 Å². The van der Waals surface area contributed by atoms with Gasteiger partial charge in [0.25, 0.3) is 0 Å². The van der Waals surface area contributed by atoms with Crippen molar-refractivity contribution in [2.45, 2.75) is 13.8 Å². The lowest BCUT2D eigenvalue weighted by Gasteiger charge is -2.25. The van der Waals surface area contributed by atoms with Crippen LogP contribution in [-0.4, -0.2) is 9.97 Å². The summed E-state index contributed by atoms with van der Waals surface area (Å²) in [7, 11) is 0. The number of nitrogens with zero attached hydrogens (tertiary/aromatic N) is 3. The molecule has 1 aromatic heterocycles. The minimum Gasteiger partial charge on any atom is -0.311 e. The van der Waals surface area contributed by atoms with Gasteiger partial charge < -0.3 is 4.90 Å². The molecule has 0 N–H and O–H groups in total. The van der Waals surface area contributed by atoms with E-state index in [0.717, 1.165) is 50.6 Å². The largest absolute Gasteiger partial charge is 0.311 e. The van der Waals surface area contributed by atoms with Crippen LogP contribution in [0.25, 0.3) is 22.2 Å². The van der Waals surface area contributed by atoms with Crippen LogP contribution in [0.3, 0.4) is 0 Å². The summed E-state index contributed by atoms with van der Waals surface area (Å²) in [5.41, 5.74) is 9.50. The van der Waals surface area contributed by atoms with E-state index in [-0.39, 0.29) is 0 Å². The zero-order valence-corrected chi connectivity index (χ0v) is 17.7. The zero-order chi connectivity index (χ0) is 21.2. The monoisotopic (exact) mass is 401 g/mol. The van der Waals surface area contributed by atoms with Crippen molar-refractivity contribution in [3.63, 3.8) is 0 Å². The minimum absolute atomic E-state index is 0.930. The number of benzene rings is 4. The van der Waals surface area contributed by atoms with Gasteiger partial charge in [-0.2, -0.15) is 0 Å². The molecule has 0 saturated heterocycles. The van der Waals surface area contributed by atoms with Crippen molar-refractivity contribution in [3.8, 4) is 11.1 Å². The smallest absolute Gasteiger partial charge is 0.0896 e. The standard InChI is InChI=1S/C28H23N3/c1-20-21(2)30-28-19-23(15-18-27(28)29-20)22-13-16-26(17-14-22)31(24-9-5-3-6-10-24)25-11-7-4-8-12-25/h3-19H,1-2H3. The van der Waals surface area contributed by atoms with Crippen molar-refractivity contribution >= 4 is 28.1 Å². The molecule has 3 heteroatoms. The number of anilines is 3. The van der Waals surface area contributed by atoms with Crippen molar-refractivity contribution in [3.05, 3.63) is 115 Å². The summed E-state index contributed by atoms with van der Waals surface area (Å²) in [5, 5.41) is 0. The maximum Gasteiger partial charge on any atom is 0.0896 e. The van der Waals surface area contributed by atoms with Gasteiger partial charge in [-0.1, -0.05) is 54.6 Å². The molecule has 0 bridgehead atoms. The van der Waals surface area contributed by atoms with Crippen LogP contribution in [0.4, 0.5) is 17.1 Å². The Hall–Kier alpha value is -3.98. The van der Waals surface area contributed by atoms with E-state index in [9.17, 15) is 0 Å². The van der Waals surface area contributed by atoms with E-state index < -0.39 is 0 Å². The van der Waals surface area contributed by atoms with Crippen LogP contribution >= 0.6 is 0 Å². The van der Waals surface area contributed by atoms with Gasteiger partial charge in [0.2, 0.25) is 0 Å². The second kappa shape index (κ2) is 8.04. The molecule has 150 valence electrons. The highest BCUT2D eigenvalue weighted by Gasteiger charge is 2.12. The van der Waals surface area contributed by atoms with E-state index in [1.807, 2.05) is 26.0 Å². The lowest BCUT2D eigenvalue weighted by atomic mass is 10.0. The van der Waals surface area contributed by atoms with Crippen molar-refractivity contribution in [1.82, 2.24) is 9.97 Å². The first-order valence-corrected chi connectivity index (χ1v) is 10.4. The third kappa shape index (κ3) is 3.78. The zero-order valence-electron chi connectivity index (χ0n) is 17.7. The molecular weight excluding hydrogens is 378 g/mol. The van der Waals surface area contributed by atoms with Crippen LogP contribution in [0.15, 0.2) is 103 Å². The number of hydrogen-bond acceptors (Lipinski definition) is 3. The Morgan fingerprint density at radius 2 is 0.968 bits per heavy atom. The normalized spacial score (nSPS) is 10.9. The van der Waals surface area contributed by atoms with Crippen molar-refractivity contribution in [1.29, 1.82) is 0 Å². The fraction of sp³-hybridized carbons (Fsp3) is 0.0714. The van der Waals surface area contributed by atoms with Crippen molar-refractivity contribution < 1.29 is 0 Å². The highest BCUT2D eigenvalue weighted by molar-refractivity contribution is 5.83. The molecule has 4 aromatic carbocycles. The molecule has 31 heavy (non-hydrogen) atoms. The Labute approximate surface area is 182 Å². The predicted molar refractivity (Wildman–Crippen MR) is 129 cm³/mol. The average molecular weight is 402 g/mol. The summed E-state index contributed by atoms with van der Waals surface area (Å²) >= 11 is 0. The summed E-state index contributed by atoms with van der Waals surface area (Å²) in [6.07, 6.45) is 0. The first-order valence-electron chi connectivity index (χ1n) is 10.4. The van der Waals surface area contributed by atoms with E-state index in [4.69, 9.17) is 4.98 Å². The van der Waals surface area contributed by atoms with E-state index in [1.54, 1.807) is 0 Å². The quantitative estimate of drug-likeness (QED) is 0.314. The molecule has 5 rings (SSSR count). The summed E-state index contributed by atoms with van der Waals surface area (Å²) in [6.45, 7) is 4.00. The third-order valence-electron chi connectivity index (χ3n) is 5.56. The molecule has 0 atom stereocenters. The summed E-state index contributed by atoms with van der Waals surface area (Å²) in [5.74, 6) is 0. The first kappa shape index (κ1) is 19.0. The Morgan fingerprint density at radius 3 is 1.55 bits per heavy atom. The Balaban J connectivity index is 1.54. The molecule has 0 fully saturated rings. The molecule has 0 aliphatic carbocycles. The Morgan fingerprint density at radius 1 is 0.484 bits per heavy atom. The number of para-hydroxylation sites is 2. The van der Waals surface area contributed by atoms with Gasteiger partial charge in [-0.15, -0.1) is 0 Å². The molecule has 0 spiro atoms. The van der Waals surface area contributed by atoms with Crippen LogP contribution in [0.2, 0.25) is 0 Å². The minimum atomic E-state index is 0.930. The molecule has 0 unspecified atom stereocenters. The van der Waals surface area contributed by atoms with Gasteiger partial charge in [0.15, 0.2) is 0 Å². The van der Waals surface area contributed by atoms with Crippen LogP contribution in [0.1, 0.15) is 11.4 Å². The van der Waals surface area contributed by atoms with Gasteiger partial charge in [-0.05, 0) is 73.5 Å². The number of aromatic nitrogens is 2. The molecule has 0 aliphatic rings. The molecule has 0 saturated carbocycles. The van der Waals surface area contributed by atoms with Crippen molar-refractivity contribution in [2.24, 2.45) is 0 Å². The Bertz CT molecular complexity index is 1290. The topological polar surface area (TPSA) is 29.0 Å². The predicted octanol–water partition coefficient (Wildman–Crippen LogP) is 7.38. The van der Waals surface area contributed by atoms with E-state index in [0.29, 0.717) is 0 Å². The fourth-order valence-electron chi connectivity index (χ4n) is 3.81. The summed E-state index contributed by atoms with van der Waals surface area (Å²) in [6, 6.07) is 35.9. The Kier molecular flexibility index (Phi) is 4.93. The van der Waals surface area contributed by atoms with Gasteiger partial charge >= 0.3 is 0 Å². The van der Waals surface area contributed by atoms with Gasteiger partial charge in [0, 0.05) is 17.1 Å². The molecule has 1 heterocycles. The third-order valence-corrected chi connectivity index (χ3v) is 5.56. The van der Waals surface area contributed by atoms with Gasteiger partial charge in [-0.25, -0.2) is 9.97 Å². The average Bonchev–Trinajstić information content (AvgIpc) is 2.82. The highest BCUT2D eigenvalue weighted by atomic mass is 15.1. The molecule has 0 aliphatic heterocycles. The molecule has 5 aromatic rings. The molecule has 0 radical (unpaired) electrons. The van der Waals surface area contributed by atoms with E-state index in [2.05, 4.69) is 101 Å². The maximum atomic E-state index is 4.72. The van der Waals surface area contributed by atoms with E-state index in [1.165, 1.54) is 0 Å². The number of fused-ring (bicyclic) bond motifs is 1.